The van der Waals surface area contributed by atoms with Crippen molar-refractivity contribution >= 4 is 17.5 Å². The fourth-order valence-electron chi connectivity index (χ4n) is 5.47. The summed E-state index contributed by atoms with van der Waals surface area (Å²) in [5, 5.41) is 6.35. The second kappa shape index (κ2) is 8.03. The van der Waals surface area contributed by atoms with Gasteiger partial charge in [-0.3, -0.25) is 4.90 Å². The highest BCUT2D eigenvalue weighted by atomic mass is 19.4. The molecule has 0 bridgehead atoms. The maximum Gasteiger partial charge on any atom is 0.401 e. The maximum atomic E-state index is 12.7. The van der Waals surface area contributed by atoms with Crippen molar-refractivity contribution in [2.45, 2.75) is 63.8 Å². The monoisotopic (exact) mass is 440 g/mol. The van der Waals surface area contributed by atoms with E-state index in [2.05, 4.69) is 15.5 Å². The van der Waals surface area contributed by atoms with Gasteiger partial charge >= 0.3 is 12.2 Å². The molecule has 4 N–H and O–H groups in total. The summed E-state index contributed by atoms with van der Waals surface area (Å²) in [6, 6.07) is 3.94. The highest BCUT2D eigenvalue weighted by Crippen LogP contribution is 2.56. The molecule has 7 nitrogen and oxygen atoms in total. The summed E-state index contributed by atoms with van der Waals surface area (Å²) in [4.78, 5) is 19.2. The summed E-state index contributed by atoms with van der Waals surface area (Å²) >= 11 is 0. The van der Waals surface area contributed by atoms with Crippen LogP contribution < -0.4 is 21.3 Å². The van der Waals surface area contributed by atoms with Crippen LogP contribution in [0.25, 0.3) is 0 Å². The fourth-order valence-corrected chi connectivity index (χ4v) is 5.47. The number of primary amides is 1. The Bertz CT molecular complexity index is 818. The average Bonchev–Trinajstić information content (AvgIpc) is 2.59. The molecule has 0 aromatic carbocycles. The lowest BCUT2D eigenvalue weighted by molar-refractivity contribution is -0.150. The molecule has 1 aromatic rings. The minimum absolute atomic E-state index is 0.184. The number of nitrogens with two attached hydrogens (primary N) is 1. The highest BCUT2D eigenvalue weighted by Gasteiger charge is 2.53. The molecule has 10 heteroatoms. The molecule has 1 atom stereocenters. The van der Waals surface area contributed by atoms with Gasteiger partial charge in [0.25, 0.3) is 0 Å². The molecule has 2 amide bonds. The number of rotatable bonds is 5. The summed E-state index contributed by atoms with van der Waals surface area (Å²) in [7, 11) is 0. The van der Waals surface area contributed by atoms with Crippen LogP contribution >= 0.6 is 0 Å². The van der Waals surface area contributed by atoms with Crippen molar-refractivity contribution in [1.82, 2.24) is 15.2 Å². The minimum atomic E-state index is -4.17. The first kappa shape index (κ1) is 22.0. The van der Waals surface area contributed by atoms with E-state index < -0.39 is 18.8 Å². The number of aromatic nitrogens is 1. The highest BCUT2D eigenvalue weighted by molar-refractivity contribution is 5.72. The standard InChI is InChI=1S/C21H31F3N6O/c1-13-11-29(5-6-30(13)12-21(22,23)24)18-4-3-17(14(2)26-18)27-15-7-20(8-15)9-16(10-20)28-19(25)31/h3-4,13,15-16,27H,5-12H2,1-2H3,(H3,25,28,31). The first-order chi connectivity index (χ1) is 14.5. The van der Waals surface area contributed by atoms with Gasteiger partial charge in [-0.15, -0.1) is 0 Å². The second-order valence-electron chi connectivity index (χ2n) is 9.55. The maximum absolute atomic E-state index is 12.7. The van der Waals surface area contributed by atoms with Crippen molar-refractivity contribution in [2.75, 3.05) is 36.4 Å². The molecule has 2 heterocycles. The molecule has 3 aliphatic rings. The number of anilines is 2. The van der Waals surface area contributed by atoms with Gasteiger partial charge in [0.05, 0.1) is 17.9 Å². The SMILES string of the molecule is Cc1nc(N2CCN(CC(F)(F)F)C(C)C2)ccc1NC1CC2(CC(NC(N)=O)C2)C1. The third-order valence-electron chi connectivity index (χ3n) is 6.97. The molecule has 1 aliphatic heterocycles. The van der Waals surface area contributed by atoms with Crippen molar-refractivity contribution in [1.29, 1.82) is 0 Å². The van der Waals surface area contributed by atoms with Gasteiger partial charge in [-0.25, -0.2) is 9.78 Å². The Kier molecular flexibility index (Phi) is 5.70. The van der Waals surface area contributed by atoms with Crippen molar-refractivity contribution in [3.05, 3.63) is 17.8 Å². The smallest absolute Gasteiger partial charge is 0.381 e. The number of hydrogen-bond acceptors (Lipinski definition) is 5. The van der Waals surface area contributed by atoms with Crippen molar-refractivity contribution in [3.63, 3.8) is 0 Å². The number of carbonyl (C=O) groups excluding carboxylic acids is 1. The van der Waals surface area contributed by atoms with Gasteiger partial charge in [-0.05, 0) is 57.1 Å². The third-order valence-corrected chi connectivity index (χ3v) is 6.97. The number of alkyl halides is 3. The van der Waals surface area contributed by atoms with Gasteiger partial charge in [-0.1, -0.05) is 0 Å². The van der Waals surface area contributed by atoms with Crippen LogP contribution in [-0.4, -0.2) is 66.4 Å². The first-order valence-electron chi connectivity index (χ1n) is 10.9. The van der Waals surface area contributed by atoms with E-state index in [1.807, 2.05) is 26.0 Å². The van der Waals surface area contributed by atoms with Gasteiger partial charge in [0.1, 0.15) is 5.82 Å². The molecule has 31 heavy (non-hydrogen) atoms. The average molecular weight is 441 g/mol. The Morgan fingerprint density at radius 3 is 2.48 bits per heavy atom. The zero-order valence-electron chi connectivity index (χ0n) is 18.0. The Morgan fingerprint density at radius 1 is 1.23 bits per heavy atom. The lowest BCUT2D eigenvalue weighted by Gasteiger charge is -2.58. The van der Waals surface area contributed by atoms with Crippen LogP contribution in [0.5, 0.6) is 0 Å². The Labute approximate surface area is 180 Å². The van der Waals surface area contributed by atoms with Crippen molar-refractivity contribution < 1.29 is 18.0 Å². The number of urea groups is 1. The van der Waals surface area contributed by atoms with Crippen molar-refractivity contribution in [3.8, 4) is 0 Å². The summed E-state index contributed by atoms with van der Waals surface area (Å²) in [6.45, 7) is 4.36. The summed E-state index contributed by atoms with van der Waals surface area (Å²) in [5.74, 6) is 0.811. The van der Waals surface area contributed by atoms with E-state index >= 15 is 0 Å². The predicted octanol–water partition coefficient (Wildman–Crippen LogP) is 2.85. The Morgan fingerprint density at radius 2 is 1.90 bits per heavy atom. The van der Waals surface area contributed by atoms with Gasteiger partial charge in [0.2, 0.25) is 0 Å². The van der Waals surface area contributed by atoms with Crippen LogP contribution in [-0.2, 0) is 0 Å². The molecule has 4 rings (SSSR count). The van der Waals surface area contributed by atoms with Crippen LogP contribution in [0.4, 0.5) is 29.5 Å². The zero-order chi connectivity index (χ0) is 22.4. The van der Waals surface area contributed by atoms with E-state index in [4.69, 9.17) is 10.7 Å². The largest absolute Gasteiger partial charge is 0.401 e. The first-order valence-corrected chi connectivity index (χ1v) is 10.9. The molecular weight excluding hydrogens is 409 g/mol. The lowest BCUT2D eigenvalue weighted by atomic mass is 9.52. The molecule has 0 radical (unpaired) electrons. The van der Waals surface area contributed by atoms with Gasteiger partial charge in [0, 0.05) is 37.8 Å². The lowest BCUT2D eigenvalue weighted by Crippen LogP contribution is -2.59. The topological polar surface area (TPSA) is 86.5 Å². The molecular formula is C21H31F3N6O. The third kappa shape index (κ3) is 4.99. The number of nitrogens with zero attached hydrogens (tertiary/aromatic N) is 3. The minimum Gasteiger partial charge on any atom is -0.381 e. The molecule has 2 saturated carbocycles. The number of aryl methyl sites for hydroxylation is 1. The number of nitrogens with one attached hydrogen (secondary N) is 2. The summed E-state index contributed by atoms with van der Waals surface area (Å²) in [5.41, 5.74) is 7.41. The van der Waals surface area contributed by atoms with Crippen LogP contribution in [0.15, 0.2) is 12.1 Å². The quantitative estimate of drug-likeness (QED) is 0.656. The van der Waals surface area contributed by atoms with Crippen LogP contribution in [0.2, 0.25) is 0 Å². The van der Waals surface area contributed by atoms with Crippen LogP contribution in [0.3, 0.4) is 0 Å². The molecule has 3 fully saturated rings. The summed E-state index contributed by atoms with van der Waals surface area (Å²) in [6.07, 6.45) is -0.0450. The molecule has 1 saturated heterocycles. The van der Waals surface area contributed by atoms with Gasteiger partial charge in [-0.2, -0.15) is 13.2 Å². The van der Waals surface area contributed by atoms with Crippen LogP contribution in [0, 0.1) is 12.3 Å². The number of amides is 2. The fraction of sp³-hybridized carbons (Fsp3) is 0.714. The molecule has 2 aliphatic carbocycles. The van der Waals surface area contributed by atoms with E-state index in [0.29, 0.717) is 31.1 Å². The molecule has 172 valence electrons. The van der Waals surface area contributed by atoms with Gasteiger partial charge < -0.3 is 21.3 Å². The number of carbonyl (C=O) groups is 1. The number of piperazine rings is 1. The number of pyridine rings is 1. The normalized spacial score (nSPS) is 31.1. The van der Waals surface area contributed by atoms with Crippen LogP contribution in [0.1, 0.15) is 38.3 Å². The van der Waals surface area contributed by atoms with E-state index in [-0.39, 0.29) is 12.1 Å². The Balaban J connectivity index is 1.27. The molecule has 1 unspecified atom stereocenters. The van der Waals surface area contributed by atoms with Gasteiger partial charge in [0.15, 0.2) is 0 Å². The van der Waals surface area contributed by atoms with E-state index in [1.165, 1.54) is 4.90 Å². The van der Waals surface area contributed by atoms with E-state index in [1.54, 1.807) is 0 Å². The molecule has 1 aromatic heterocycles. The van der Waals surface area contributed by atoms with E-state index in [0.717, 1.165) is 42.9 Å². The predicted molar refractivity (Wildman–Crippen MR) is 113 cm³/mol. The zero-order valence-corrected chi connectivity index (χ0v) is 18.0. The van der Waals surface area contributed by atoms with E-state index in [9.17, 15) is 18.0 Å². The molecule has 1 spiro atoms. The van der Waals surface area contributed by atoms with Crippen molar-refractivity contribution in [2.24, 2.45) is 11.1 Å². The Hall–Kier alpha value is -2.23. The summed E-state index contributed by atoms with van der Waals surface area (Å²) < 4.78 is 38.1. The number of hydrogen-bond donors (Lipinski definition) is 3. The number of halogens is 3. The second-order valence-corrected chi connectivity index (χ2v) is 9.55.